The topological polar surface area (TPSA) is 73.6 Å². The Bertz CT molecular complexity index is 1740. The van der Waals surface area contributed by atoms with Gasteiger partial charge in [0.15, 0.2) is 5.75 Å². The number of hydrogen-bond donors (Lipinski definition) is 1. The number of aromatic nitrogens is 2. The summed E-state index contributed by atoms with van der Waals surface area (Å²) in [4.78, 5) is 11.4. The van der Waals surface area contributed by atoms with Gasteiger partial charge in [-0.25, -0.2) is 9.48 Å². The molecule has 0 amide bonds. The van der Waals surface area contributed by atoms with Gasteiger partial charge in [-0.3, -0.25) is 0 Å². The molecule has 1 aliphatic rings. The zero-order valence-electron chi connectivity index (χ0n) is 21.2. The molecule has 0 aliphatic heterocycles. The predicted molar refractivity (Wildman–Crippen MR) is 146 cm³/mol. The summed E-state index contributed by atoms with van der Waals surface area (Å²) < 4.78 is 52.0. The maximum atomic E-state index is 13.1. The molecule has 1 saturated carbocycles. The fourth-order valence-corrected chi connectivity index (χ4v) is 5.85. The summed E-state index contributed by atoms with van der Waals surface area (Å²) in [6, 6.07) is 17.4. The van der Waals surface area contributed by atoms with Gasteiger partial charge in [0.1, 0.15) is 18.0 Å². The van der Waals surface area contributed by atoms with Crippen LogP contribution in [0.15, 0.2) is 72.2 Å². The Morgan fingerprint density at radius 3 is 2.65 bits per heavy atom. The Labute approximate surface area is 231 Å². The van der Waals surface area contributed by atoms with Crippen LogP contribution in [0.4, 0.5) is 13.2 Å². The number of carboxylic acid groups (broad SMARTS) is 1. The van der Waals surface area contributed by atoms with Crippen molar-refractivity contribution >= 4 is 27.4 Å². The standard InChI is InChI=1S/C30H23F3N2O4S/c1-17-12-20(9-11-21(17)19-8-10-22-24(29(36)37)16-40-28(22)13-19)38-15-26-23(18-6-7-18)14-34-35(26)25-4-2-3-5-27(25)39-30(31,32)33/h2-5,8-14,16,18H,6-7,15H2,1H3,(H,36,37). The molecule has 6 rings (SSSR count). The van der Waals surface area contributed by atoms with Crippen molar-refractivity contribution in [1.82, 2.24) is 9.78 Å². The number of para-hydroxylation sites is 2. The van der Waals surface area contributed by atoms with Gasteiger partial charge in [0.2, 0.25) is 0 Å². The Hall–Kier alpha value is -4.31. The van der Waals surface area contributed by atoms with Crippen molar-refractivity contribution in [3.63, 3.8) is 0 Å². The summed E-state index contributed by atoms with van der Waals surface area (Å²) in [7, 11) is 0. The third kappa shape index (κ3) is 5.14. The zero-order valence-corrected chi connectivity index (χ0v) is 22.1. The lowest BCUT2D eigenvalue weighted by Gasteiger charge is -2.16. The number of carbonyl (C=O) groups is 1. The molecule has 0 radical (unpaired) electrons. The molecule has 5 aromatic rings. The van der Waals surface area contributed by atoms with E-state index >= 15 is 0 Å². The minimum Gasteiger partial charge on any atom is -0.487 e. The molecule has 1 N–H and O–H groups in total. The molecular formula is C30H23F3N2O4S. The molecule has 0 saturated heterocycles. The van der Waals surface area contributed by atoms with Gasteiger partial charge >= 0.3 is 12.3 Å². The number of nitrogens with zero attached hydrogens (tertiary/aromatic N) is 2. The summed E-state index contributed by atoms with van der Waals surface area (Å²) in [6.07, 6.45) is -1.14. The third-order valence-electron chi connectivity index (χ3n) is 6.93. The summed E-state index contributed by atoms with van der Waals surface area (Å²) in [6.45, 7) is 2.08. The number of alkyl halides is 3. The number of benzene rings is 3. The average Bonchev–Trinajstić information content (AvgIpc) is 3.52. The monoisotopic (exact) mass is 564 g/mol. The van der Waals surface area contributed by atoms with Gasteiger partial charge in [0, 0.05) is 21.0 Å². The number of aromatic carboxylic acids is 1. The molecular weight excluding hydrogens is 541 g/mol. The van der Waals surface area contributed by atoms with Crippen LogP contribution in [0.2, 0.25) is 0 Å². The van der Waals surface area contributed by atoms with E-state index in [9.17, 15) is 23.1 Å². The van der Waals surface area contributed by atoms with Crippen molar-refractivity contribution < 1.29 is 32.5 Å². The Kier molecular flexibility index (Phi) is 6.50. The van der Waals surface area contributed by atoms with Crippen molar-refractivity contribution in [1.29, 1.82) is 0 Å². The van der Waals surface area contributed by atoms with Gasteiger partial charge in [-0.15, -0.1) is 24.5 Å². The Morgan fingerprint density at radius 1 is 1.12 bits per heavy atom. The first-order valence-electron chi connectivity index (χ1n) is 12.6. The fourth-order valence-electron chi connectivity index (χ4n) is 4.88. The second-order valence-electron chi connectivity index (χ2n) is 9.68. The lowest BCUT2D eigenvalue weighted by Crippen LogP contribution is -2.19. The fraction of sp³-hybridized carbons (Fsp3) is 0.200. The molecule has 0 spiro atoms. The van der Waals surface area contributed by atoms with E-state index in [1.165, 1.54) is 34.2 Å². The highest BCUT2D eigenvalue weighted by Crippen LogP contribution is 2.43. The van der Waals surface area contributed by atoms with Crippen molar-refractivity contribution in [3.05, 3.63) is 94.6 Å². The summed E-state index contributed by atoms with van der Waals surface area (Å²) in [5.41, 5.74) is 5.04. The van der Waals surface area contributed by atoms with E-state index < -0.39 is 12.3 Å². The van der Waals surface area contributed by atoms with Crippen molar-refractivity contribution in [2.45, 2.75) is 38.7 Å². The summed E-state index contributed by atoms with van der Waals surface area (Å²) in [5.74, 6) is -0.360. The molecule has 3 aromatic carbocycles. The van der Waals surface area contributed by atoms with E-state index in [4.69, 9.17) is 4.74 Å². The lowest BCUT2D eigenvalue weighted by atomic mass is 9.99. The first-order valence-corrected chi connectivity index (χ1v) is 13.5. The van der Waals surface area contributed by atoms with Crippen molar-refractivity contribution in [3.8, 4) is 28.3 Å². The molecule has 1 fully saturated rings. The maximum Gasteiger partial charge on any atom is 0.573 e. The van der Waals surface area contributed by atoms with Gasteiger partial charge in [0.25, 0.3) is 0 Å². The van der Waals surface area contributed by atoms with E-state index in [2.05, 4.69) is 9.84 Å². The molecule has 1 aliphatic carbocycles. The van der Waals surface area contributed by atoms with Gasteiger partial charge in [-0.1, -0.05) is 30.3 Å². The molecule has 0 bridgehead atoms. The van der Waals surface area contributed by atoms with E-state index in [1.54, 1.807) is 17.6 Å². The first-order chi connectivity index (χ1) is 19.2. The van der Waals surface area contributed by atoms with Crippen LogP contribution in [0.1, 0.15) is 45.9 Å². The van der Waals surface area contributed by atoms with Crippen LogP contribution in [0.25, 0.3) is 26.9 Å². The van der Waals surface area contributed by atoms with Gasteiger partial charge in [0.05, 0.1) is 17.5 Å². The van der Waals surface area contributed by atoms with E-state index in [-0.39, 0.29) is 18.0 Å². The van der Waals surface area contributed by atoms with E-state index in [0.29, 0.717) is 28.3 Å². The Balaban J connectivity index is 1.27. The highest BCUT2D eigenvalue weighted by Gasteiger charge is 2.34. The highest BCUT2D eigenvalue weighted by molar-refractivity contribution is 7.17. The predicted octanol–water partition coefficient (Wildman–Crippen LogP) is 8.12. The number of aryl methyl sites for hydroxylation is 1. The van der Waals surface area contributed by atoms with Gasteiger partial charge in [-0.05, 0) is 72.7 Å². The van der Waals surface area contributed by atoms with Gasteiger partial charge in [-0.2, -0.15) is 5.10 Å². The molecule has 10 heteroatoms. The molecule has 2 aromatic heterocycles. The molecule has 0 atom stereocenters. The molecule has 204 valence electrons. The quantitative estimate of drug-likeness (QED) is 0.206. The largest absolute Gasteiger partial charge is 0.573 e. The zero-order chi connectivity index (χ0) is 28.0. The third-order valence-corrected chi connectivity index (χ3v) is 7.87. The van der Waals surface area contributed by atoms with Crippen LogP contribution in [0.5, 0.6) is 11.5 Å². The second-order valence-corrected chi connectivity index (χ2v) is 10.6. The number of hydrogen-bond acceptors (Lipinski definition) is 5. The van der Waals surface area contributed by atoms with E-state index in [0.717, 1.165) is 39.8 Å². The van der Waals surface area contributed by atoms with Crippen molar-refractivity contribution in [2.24, 2.45) is 0 Å². The number of carboxylic acids is 1. The Morgan fingerprint density at radius 2 is 1.93 bits per heavy atom. The normalized spacial score (nSPS) is 13.5. The SMILES string of the molecule is Cc1cc(OCc2c(C3CC3)cnn2-c2ccccc2OC(F)(F)F)ccc1-c1ccc2c(C(=O)O)csc2c1. The van der Waals surface area contributed by atoms with Crippen LogP contribution in [-0.2, 0) is 6.61 Å². The van der Waals surface area contributed by atoms with Crippen LogP contribution >= 0.6 is 11.3 Å². The van der Waals surface area contributed by atoms with Gasteiger partial charge < -0.3 is 14.6 Å². The molecule has 40 heavy (non-hydrogen) atoms. The minimum atomic E-state index is -4.83. The molecule has 2 heterocycles. The lowest BCUT2D eigenvalue weighted by molar-refractivity contribution is -0.274. The van der Waals surface area contributed by atoms with Crippen LogP contribution in [0, 0.1) is 6.92 Å². The second kappa shape index (κ2) is 10.0. The first kappa shape index (κ1) is 25.9. The molecule has 6 nitrogen and oxygen atoms in total. The van der Waals surface area contributed by atoms with E-state index in [1.807, 2.05) is 43.3 Å². The number of halogens is 3. The maximum absolute atomic E-state index is 13.1. The van der Waals surface area contributed by atoms with Crippen LogP contribution < -0.4 is 9.47 Å². The van der Waals surface area contributed by atoms with Crippen LogP contribution in [-0.4, -0.2) is 27.2 Å². The van der Waals surface area contributed by atoms with Crippen LogP contribution in [0.3, 0.4) is 0 Å². The van der Waals surface area contributed by atoms with Crippen molar-refractivity contribution in [2.75, 3.05) is 0 Å². The summed E-state index contributed by atoms with van der Waals surface area (Å²) in [5, 5.41) is 16.2. The minimum absolute atomic E-state index is 0.115. The number of fused-ring (bicyclic) bond motifs is 1. The smallest absolute Gasteiger partial charge is 0.487 e. The molecule has 0 unspecified atom stereocenters. The number of ether oxygens (including phenoxy) is 2. The highest BCUT2D eigenvalue weighted by atomic mass is 32.1. The number of thiophene rings is 1. The average molecular weight is 565 g/mol. The number of rotatable bonds is 8. The summed E-state index contributed by atoms with van der Waals surface area (Å²) >= 11 is 1.39.